The van der Waals surface area contributed by atoms with E-state index in [2.05, 4.69) is 4.72 Å². The summed E-state index contributed by atoms with van der Waals surface area (Å²) in [7, 11) is -0.900. The summed E-state index contributed by atoms with van der Waals surface area (Å²) in [4.78, 5) is 12.1. The van der Waals surface area contributed by atoms with Gasteiger partial charge in [0.2, 0.25) is 10.0 Å². The minimum absolute atomic E-state index is 0.0629. The highest BCUT2D eigenvalue weighted by Gasteiger charge is 2.19. The number of carbonyl (C=O) groups excluding carboxylic acids is 1. The number of aryl methyl sites for hydroxylation is 2. The number of fused-ring (bicyclic) bond motifs is 1. The monoisotopic (exact) mass is 389 g/mol. The molecule has 0 spiro atoms. The van der Waals surface area contributed by atoms with E-state index in [4.69, 9.17) is 9.47 Å². The van der Waals surface area contributed by atoms with Crippen molar-refractivity contribution in [3.8, 4) is 5.75 Å². The van der Waals surface area contributed by atoms with Crippen LogP contribution < -0.4 is 9.46 Å². The fourth-order valence-electron chi connectivity index (χ4n) is 3.27. The lowest BCUT2D eigenvalue weighted by Crippen LogP contribution is -2.24. The van der Waals surface area contributed by atoms with E-state index in [-0.39, 0.29) is 17.0 Å². The van der Waals surface area contributed by atoms with Crippen LogP contribution in [0.25, 0.3) is 0 Å². The van der Waals surface area contributed by atoms with Crippen molar-refractivity contribution in [1.29, 1.82) is 0 Å². The van der Waals surface area contributed by atoms with Gasteiger partial charge < -0.3 is 9.47 Å². The van der Waals surface area contributed by atoms with Crippen molar-refractivity contribution in [3.05, 3.63) is 58.7 Å². The Hall–Kier alpha value is -2.38. The number of rotatable bonds is 6. The average Bonchev–Trinajstić information content (AvgIpc) is 2.71. The number of esters is 1. The van der Waals surface area contributed by atoms with Crippen molar-refractivity contribution in [2.24, 2.45) is 0 Å². The minimum Gasteiger partial charge on any atom is -0.496 e. The van der Waals surface area contributed by atoms with Crippen LogP contribution in [0.4, 0.5) is 0 Å². The van der Waals surface area contributed by atoms with Crippen molar-refractivity contribution < 1.29 is 22.7 Å². The van der Waals surface area contributed by atoms with Gasteiger partial charge in [-0.25, -0.2) is 17.9 Å². The molecule has 0 aliphatic heterocycles. The fourth-order valence-corrected chi connectivity index (χ4v) is 4.34. The van der Waals surface area contributed by atoms with E-state index in [1.165, 1.54) is 19.8 Å². The molecule has 0 bridgehead atoms. The largest absolute Gasteiger partial charge is 0.496 e. The molecule has 0 saturated carbocycles. The third-order valence-corrected chi connectivity index (χ3v) is 6.16. The highest BCUT2D eigenvalue weighted by atomic mass is 32.2. The first-order chi connectivity index (χ1) is 12.9. The second-order valence-corrected chi connectivity index (χ2v) is 8.26. The van der Waals surface area contributed by atoms with E-state index in [0.29, 0.717) is 11.3 Å². The molecule has 27 heavy (non-hydrogen) atoms. The Balaban J connectivity index is 1.78. The van der Waals surface area contributed by atoms with E-state index < -0.39 is 16.0 Å². The summed E-state index contributed by atoms with van der Waals surface area (Å²) in [6.45, 7) is 0.0629. The van der Waals surface area contributed by atoms with Crippen LogP contribution in [-0.2, 0) is 34.1 Å². The highest BCUT2D eigenvalue weighted by Crippen LogP contribution is 2.25. The van der Waals surface area contributed by atoms with Gasteiger partial charge in [-0.15, -0.1) is 0 Å². The van der Waals surface area contributed by atoms with Crippen molar-refractivity contribution in [2.75, 3.05) is 14.2 Å². The maximum atomic E-state index is 12.7. The SMILES string of the molecule is COC(=O)c1cc(CNS(=O)(=O)c2ccc3c(c2)CCCC3)ccc1OC. The van der Waals surface area contributed by atoms with Gasteiger partial charge >= 0.3 is 5.97 Å². The molecule has 0 amide bonds. The molecule has 7 heteroatoms. The topological polar surface area (TPSA) is 81.7 Å². The molecule has 0 aromatic heterocycles. The zero-order valence-electron chi connectivity index (χ0n) is 15.4. The van der Waals surface area contributed by atoms with Gasteiger partial charge in [0.15, 0.2) is 0 Å². The first kappa shape index (κ1) is 19.4. The number of hydrogen-bond donors (Lipinski definition) is 1. The molecule has 144 valence electrons. The normalized spacial score (nSPS) is 13.7. The number of methoxy groups -OCH3 is 2. The number of hydrogen-bond acceptors (Lipinski definition) is 5. The second kappa shape index (κ2) is 8.10. The van der Waals surface area contributed by atoms with Crippen LogP contribution in [-0.4, -0.2) is 28.6 Å². The molecule has 1 aliphatic carbocycles. The summed E-state index contributed by atoms with van der Waals surface area (Å²) in [6, 6.07) is 10.2. The second-order valence-electron chi connectivity index (χ2n) is 6.49. The van der Waals surface area contributed by atoms with Gasteiger partial charge in [-0.05, 0) is 66.6 Å². The molecule has 0 radical (unpaired) electrons. The molecular formula is C20H23NO5S. The molecule has 2 aromatic rings. The Morgan fingerprint density at radius 1 is 1.04 bits per heavy atom. The molecule has 0 heterocycles. The Morgan fingerprint density at radius 2 is 1.78 bits per heavy atom. The van der Waals surface area contributed by atoms with Crippen LogP contribution in [0.1, 0.15) is 39.9 Å². The summed E-state index contributed by atoms with van der Waals surface area (Å²) in [5.74, 6) is -0.158. The average molecular weight is 389 g/mol. The van der Waals surface area contributed by atoms with Gasteiger partial charge in [0.25, 0.3) is 0 Å². The molecule has 0 saturated heterocycles. The third kappa shape index (κ3) is 4.31. The molecule has 1 aliphatic rings. The Morgan fingerprint density at radius 3 is 2.48 bits per heavy atom. The quantitative estimate of drug-likeness (QED) is 0.769. The van der Waals surface area contributed by atoms with Gasteiger partial charge in [-0.1, -0.05) is 12.1 Å². The van der Waals surface area contributed by atoms with Crippen molar-refractivity contribution in [1.82, 2.24) is 4.72 Å². The standard InChI is InChI=1S/C20H23NO5S/c1-25-19-10-7-14(11-18(19)20(22)26-2)13-21-27(23,24)17-9-8-15-5-3-4-6-16(15)12-17/h7-12,21H,3-6,13H2,1-2H3. The summed E-state index contributed by atoms with van der Waals surface area (Å²) in [6.07, 6.45) is 4.16. The molecule has 2 aromatic carbocycles. The van der Waals surface area contributed by atoms with Crippen LogP contribution in [0.5, 0.6) is 5.75 Å². The highest BCUT2D eigenvalue weighted by molar-refractivity contribution is 7.89. The maximum Gasteiger partial charge on any atom is 0.341 e. The Labute approximate surface area is 159 Å². The molecule has 0 unspecified atom stereocenters. The summed E-state index contributed by atoms with van der Waals surface area (Å²) < 4.78 is 37.8. The molecule has 6 nitrogen and oxygen atoms in total. The summed E-state index contributed by atoms with van der Waals surface area (Å²) in [5, 5.41) is 0. The minimum atomic E-state index is -3.64. The fraction of sp³-hybridized carbons (Fsp3) is 0.350. The number of carbonyl (C=O) groups is 1. The number of sulfonamides is 1. The summed E-state index contributed by atoms with van der Waals surface area (Å²) >= 11 is 0. The Bertz CT molecular complexity index is 953. The van der Waals surface area contributed by atoms with E-state index in [1.807, 2.05) is 6.07 Å². The first-order valence-corrected chi connectivity index (χ1v) is 10.3. The first-order valence-electron chi connectivity index (χ1n) is 8.81. The third-order valence-electron chi connectivity index (χ3n) is 4.77. The zero-order valence-corrected chi connectivity index (χ0v) is 16.3. The number of ether oxygens (including phenoxy) is 2. The van der Waals surface area contributed by atoms with Gasteiger partial charge in [0.05, 0.1) is 19.1 Å². The molecule has 3 rings (SSSR count). The van der Waals surface area contributed by atoms with E-state index in [9.17, 15) is 13.2 Å². The van der Waals surface area contributed by atoms with Gasteiger partial charge in [0, 0.05) is 6.54 Å². The van der Waals surface area contributed by atoms with Gasteiger partial charge in [-0.3, -0.25) is 0 Å². The predicted molar refractivity (Wildman–Crippen MR) is 101 cm³/mol. The summed E-state index contributed by atoms with van der Waals surface area (Å²) in [5.41, 5.74) is 3.24. The van der Waals surface area contributed by atoms with Crippen LogP contribution in [0.15, 0.2) is 41.3 Å². The van der Waals surface area contributed by atoms with Crippen molar-refractivity contribution >= 4 is 16.0 Å². The molecule has 0 fully saturated rings. The van der Waals surface area contributed by atoms with Crippen molar-refractivity contribution in [3.63, 3.8) is 0 Å². The van der Waals surface area contributed by atoms with Crippen molar-refractivity contribution in [2.45, 2.75) is 37.1 Å². The lowest BCUT2D eigenvalue weighted by atomic mass is 9.92. The van der Waals surface area contributed by atoms with E-state index >= 15 is 0 Å². The van der Waals surface area contributed by atoms with Crippen LogP contribution in [0, 0.1) is 0 Å². The molecule has 0 atom stereocenters. The van der Waals surface area contributed by atoms with Gasteiger partial charge in [0.1, 0.15) is 11.3 Å². The molecular weight excluding hydrogens is 366 g/mol. The zero-order chi connectivity index (χ0) is 19.4. The molecule has 1 N–H and O–H groups in total. The smallest absolute Gasteiger partial charge is 0.341 e. The van der Waals surface area contributed by atoms with E-state index in [0.717, 1.165) is 31.2 Å². The lowest BCUT2D eigenvalue weighted by molar-refractivity contribution is 0.0597. The lowest BCUT2D eigenvalue weighted by Gasteiger charge is -2.17. The maximum absolute atomic E-state index is 12.7. The van der Waals surface area contributed by atoms with Crippen LogP contribution >= 0.6 is 0 Å². The number of benzene rings is 2. The van der Waals surface area contributed by atoms with Crippen LogP contribution in [0.2, 0.25) is 0 Å². The van der Waals surface area contributed by atoms with E-state index in [1.54, 1.807) is 30.3 Å². The number of nitrogens with one attached hydrogen (secondary N) is 1. The van der Waals surface area contributed by atoms with Gasteiger partial charge in [-0.2, -0.15) is 0 Å². The predicted octanol–water partition coefficient (Wildman–Crippen LogP) is 2.84. The Kier molecular flexibility index (Phi) is 5.82. The van der Waals surface area contributed by atoms with Crippen LogP contribution in [0.3, 0.4) is 0 Å².